The molecule has 2 aromatic carbocycles. The number of nitrogens with zero attached hydrogens (tertiary/aromatic N) is 3. The molecule has 0 spiro atoms. The van der Waals surface area contributed by atoms with Crippen LogP contribution < -0.4 is 19.5 Å². The van der Waals surface area contributed by atoms with E-state index in [2.05, 4.69) is 34.3 Å². The molecule has 1 N–H and O–H groups in total. The van der Waals surface area contributed by atoms with Crippen molar-refractivity contribution < 1.29 is 23.8 Å². The predicted molar refractivity (Wildman–Crippen MR) is 141 cm³/mol. The number of benzene rings is 2. The van der Waals surface area contributed by atoms with E-state index in [1.165, 1.54) is 5.56 Å². The number of hydrogen-bond acceptors (Lipinski definition) is 7. The average molecular weight is 511 g/mol. The van der Waals surface area contributed by atoms with Crippen molar-refractivity contribution in [3.8, 4) is 17.2 Å². The molecule has 0 saturated carbocycles. The van der Waals surface area contributed by atoms with Crippen LogP contribution in [-0.4, -0.2) is 99.7 Å². The monoisotopic (exact) mass is 510 g/mol. The second-order valence-electron chi connectivity index (χ2n) is 9.70. The number of likely N-dealkylation sites (N-methyl/N-ethyl adjacent to an activating group) is 1. The van der Waals surface area contributed by atoms with Crippen LogP contribution in [0.5, 0.6) is 17.2 Å². The zero-order valence-corrected chi connectivity index (χ0v) is 22.1. The third kappa shape index (κ3) is 7.36. The molecule has 2 aliphatic heterocycles. The molecule has 2 aromatic rings. The standard InChI is InChI=1S/C28H38N4O5/c1-30(20-22-7-10-27(33)29-22)19-21-5-4-6-24(17-21)37-16-15-31-11-13-32(14-12-31)28(34)25-9-8-23(35-2)18-26(25)36-3/h4-6,8-9,17-18,22H,7,10-16,19-20H2,1-3H3,(H,29,33). The number of hydrogen-bond donors (Lipinski definition) is 1. The maximum atomic E-state index is 13.0. The molecule has 9 nitrogen and oxygen atoms in total. The molecular formula is C28H38N4O5. The molecule has 0 aromatic heterocycles. The van der Waals surface area contributed by atoms with Gasteiger partial charge in [0, 0.05) is 64.3 Å². The fourth-order valence-corrected chi connectivity index (χ4v) is 4.91. The smallest absolute Gasteiger partial charge is 0.257 e. The van der Waals surface area contributed by atoms with E-state index in [0.717, 1.165) is 44.9 Å². The van der Waals surface area contributed by atoms with Crippen molar-refractivity contribution in [3.63, 3.8) is 0 Å². The summed E-state index contributed by atoms with van der Waals surface area (Å²) < 4.78 is 16.7. The quantitative estimate of drug-likeness (QED) is 0.497. The van der Waals surface area contributed by atoms with Gasteiger partial charge in [0.2, 0.25) is 5.91 Å². The summed E-state index contributed by atoms with van der Waals surface area (Å²) in [6, 6.07) is 13.7. The molecule has 1 atom stereocenters. The van der Waals surface area contributed by atoms with Crippen LogP contribution in [0.15, 0.2) is 42.5 Å². The van der Waals surface area contributed by atoms with Crippen molar-refractivity contribution in [3.05, 3.63) is 53.6 Å². The Kier molecular flexibility index (Phi) is 9.24. The molecule has 2 heterocycles. The molecule has 4 rings (SSSR count). The van der Waals surface area contributed by atoms with Gasteiger partial charge in [0.1, 0.15) is 23.9 Å². The van der Waals surface area contributed by atoms with Crippen LogP contribution in [0, 0.1) is 0 Å². The third-order valence-electron chi connectivity index (χ3n) is 6.94. The summed E-state index contributed by atoms with van der Waals surface area (Å²) >= 11 is 0. The van der Waals surface area contributed by atoms with Gasteiger partial charge in [-0.2, -0.15) is 0 Å². The molecule has 37 heavy (non-hydrogen) atoms. The van der Waals surface area contributed by atoms with Crippen LogP contribution in [0.3, 0.4) is 0 Å². The van der Waals surface area contributed by atoms with Crippen molar-refractivity contribution in [2.24, 2.45) is 0 Å². The number of rotatable bonds is 11. The number of ether oxygens (including phenoxy) is 3. The number of amides is 2. The Morgan fingerprint density at radius 3 is 2.57 bits per heavy atom. The van der Waals surface area contributed by atoms with E-state index < -0.39 is 0 Å². The summed E-state index contributed by atoms with van der Waals surface area (Å²) in [5.41, 5.74) is 1.74. The van der Waals surface area contributed by atoms with Gasteiger partial charge >= 0.3 is 0 Å². The maximum absolute atomic E-state index is 13.0. The Bertz CT molecular complexity index is 1070. The first-order chi connectivity index (χ1) is 17.9. The Morgan fingerprint density at radius 2 is 1.86 bits per heavy atom. The van der Waals surface area contributed by atoms with E-state index in [4.69, 9.17) is 14.2 Å². The van der Waals surface area contributed by atoms with Crippen molar-refractivity contribution in [2.75, 3.05) is 67.1 Å². The lowest BCUT2D eigenvalue weighted by atomic mass is 10.1. The van der Waals surface area contributed by atoms with Gasteiger partial charge in [-0.3, -0.25) is 14.5 Å². The number of carbonyl (C=O) groups is 2. The predicted octanol–water partition coefficient (Wildman–Crippen LogP) is 2.25. The van der Waals surface area contributed by atoms with E-state index in [-0.39, 0.29) is 17.9 Å². The van der Waals surface area contributed by atoms with Gasteiger partial charge in [0.15, 0.2) is 0 Å². The van der Waals surface area contributed by atoms with Crippen LogP contribution in [0.4, 0.5) is 0 Å². The molecule has 0 bridgehead atoms. The highest BCUT2D eigenvalue weighted by Gasteiger charge is 2.25. The lowest BCUT2D eigenvalue weighted by Gasteiger charge is -2.34. The van der Waals surface area contributed by atoms with Crippen molar-refractivity contribution in [1.82, 2.24) is 20.0 Å². The molecular weight excluding hydrogens is 472 g/mol. The van der Waals surface area contributed by atoms with Gasteiger partial charge < -0.3 is 29.3 Å². The van der Waals surface area contributed by atoms with E-state index >= 15 is 0 Å². The summed E-state index contributed by atoms with van der Waals surface area (Å²) in [4.78, 5) is 30.9. The minimum atomic E-state index is -0.0208. The summed E-state index contributed by atoms with van der Waals surface area (Å²) in [6.07, 6.45) is 1.54. The topological polar surface area (TPSA) is 83.6 Å². The number of nitrogens with one attached hydrogen (secondary N) is 1. The fraction of sp³-hybridized carbons (Fsp3) is 0.500. The van der Waals surface area contributed by atoms with Crippen LogP contribution >= 0.6 is 0 Å². The van der Waals surface area contributed by atoms with Crippen LogP contribution in [0.25, 0.3) is 0 Å². The second-order valence-corrected chi connectivity index (χ2v) is 9.70. The van der Waals surface area contributed by atoms with Gasteiger partial charge in [-0.15, -0.1) is 0 Å². The molecule has 1 unspecified atom stereocenters. The summed E-state index contributed by atoms with van der Waals surface area (Å²) in [6.45, 7) is 5.98. The average Bonchev–Trinajstić information content (AvgIpc) is 3.32. The zero-order chi connectivity index (χ0) is 26.2. The van der Waals surface area contributed by atoms with Crippen molar-refractivity contribution in [1.29, 1.82) is 0 Å². The maximum Gasteiger partial charge on any atom is 0.257 e. The first-order valence-electron chi connectivity index (χ1n) is 12.9. The Labute approximate surface area is 219 Å². The summed E-state index contributed by atoms with van der Waals surface area (Å²) in [5.74, 6) is 2.18. The zero-order valence-electron chi connectivity index (χ0n) is 22.1. The summed E-state index contributed by atoms with van der Waals surface area (Å²) in [5, 5.41) is 3.03. The number of carbonyl (C=O) groups excluding carboxylic acids is 2. The number of methoxy groups -OCH3 is 2. The highest BCUT2D eigenvalue weighted by atomic mass is 16.5. The van der Waals surface area contributed by atoms with Gasteiger partial charge in [0.05, 0.1) is 19.8 Å². The van der Waals surface area contributed by atoms with E-state index in [1.807, 2.05) is 17.0 Å². The molecule has 0 aliphatic carbocycles. The minimum Gasteiger partial charge on any atom is -0.497 e. The molecule has 0 radical (unpaired) electrons. The van der Waals surface area contributed by atoms with E-state index in [0.29, 0.717) is 43.2 Å². The van der Waals surface area contributed by atoms with Crippen LogP contribution in [-0.2, 0) is 11.3 Å². The fourth-order valence-electron chi connectivity index (χ4n) is 4.91. The molecule has 9 heteroatoms. The summed E-state index contributed by atoms with van der Waals surface area (Å²) in [7, 11) is 5.23. The molecule has 2 amide bonds. The molecule has 200 valence electrons. The largest absolute Gasteiger partial charge is 0.497 e. The van der Waals surface area contributed by atoms with Gasteiger partial charge in [0.25, 0.3) is 5.91 Å². The molecule has 2 saturated heterocycles. The first-order valence-corrected chi connectivity index (χ1v) is 12.9. The second kappa shape index (κ2) is 12.8. The number of piperazine rings is 1. The normalized spacial score (nSPS) is 18.1. The SMILES string of the molecule is COc1ccc(C(=O)N2CCN(CCOc3cccc(CN(C)CC4CCC(=O)N4)c3)CC2)c(OC)c1. The third-order valence-corrected chi connectivity index (χ3v) is 6.94. The van der Waals surface area contributed by atoms with E-state index in [9.17, 15) is 9.59 Å². The minimum absolute atomic E-state index is 0.0208. The molecule has 2 aliphatic rings. The van der Waals surface area contributed by atoms with Crippen LogP contribution in [0.1, 0.15) is 28.8 Å². The lowest BCUT2D eigenvalue weighted by Crippen LogP contribution is -2.49. The lowest BCUT2D eigenvalue weighted by molar-refractivity contribution is -0.119. The first kappa shape index (κ1) is 26.8. The molecule has 2 fully saturated rings. The van der Waals surface area contributed by atoms with Crippen molar-refractivity contribution >= 4 is 11.8 Å². The highest BCUT2D eigenvalue weighted by Crippen LogP contribution is 2.26. The van der Waals surface area contributed by atoms with Crippen molar-refractivity contribution in [2.45, 2.75) is 25.4 Å². The van der Waals surface area contributed by atoms with Gasteiger partial charge in [-0.25, -0.2) is 0 Å². The van der Waals surface area contributed by atoms with Gasteiger partial charge in [-0.1, -0.05) is 12.1 Å². The Hall–Kier alpha value is -3.30. The van der Waals surface area contributed by atoms with Gasteiger partial charge in [-0.05, 0) is 43.3 Å². The highest BCUT2D eigenvalue weighted by molar-refractivity contribution is 5.97. The van der Waals surface area contributed by atoms with E-state index in [1.54, 1.807) is 32.4 Å². The Balaban J connectivity index is 1.19. The Morgan fingerprint density at radius 1 is 1.05 bits per heavy atom. The van der Waals surface area contributed by atoms with Crippen LogP contribution in [0.2, 0.25) is 0 Å².